The van der Waals surface area contributed by atoms with Crippen LogP contribution >= 0.6 is 22.6 Å². The summed E-state index contributed by atoms with van der Waals surface area (Å²) in [6, 6.07) is 0. The molecule has 0 bridgehead atoms. The van der Waals surface area contributed by atoms with Gasteiger partial charge in [0.1, 0.15) is 0 Å². The van der Waals surface area contributed by atoms with E-state index < -0.39 is 5.97 Å². The van der Waals surface area contributed by atoms with Gasteiger partial charge in [0.2, 0.25) is 0 Å². The molecule has 0 radical (unpaired) electrons. The number of hydrogen-bond donors (Lipinski definition) is 1. The van der Waals surface area contributed by atoms with E-state index in [-0.39, 0.29) is 9.84 Å². The summed E-state index contributed by atoms with van der Waals surface area (Å²) in [7, 11) is 0. The minimum absolute atomic E-state index is 0.196. The van der Waals surface area contributed by atoms with Crippen molar-refractivity contribution in [1.29, 1.82) is 0 Å². The largest absolute Gasteiger partial charge is 0.481 e. The van der Waals surface area contributed by atoms with Crippen molar-refractivity contribution in [3.8, 4) is 0 Å². The third kappa shape index (κ3) is 2.65. The highest BCUT2D eigenvalue weighted by atomic mass is 127. The molecule has 0 saturated heterocycles. The summed E-state index contributed by atoms with van der Waals surface area (Å²) >= 11 is 2.19. The number of carbonyl (C=O) groups is 1. The Kier molecular flexibility index (Phi) is 2.70. The van der Waals surface area contributed by atoms with Crippen LogP contribution in [-0.2, 0) is 4.79 Å². The molecule has 1 N–H and O–H groups in total. The summed E-state index contributed by atoms with van der Waals surface area (Å²) in [5, 5.41) is 8.57. The SMILES string of the molecule is O=C(O)CC1(I)C=CC=CC1. The second kappa shape index (κ2) is 3.38. The van der Waals surface area contributed by atoms with Gasteiger partial charge >= 0.3 is 5.97 Å². The predicted octanol–water partition coefficient (Wildman–Crippen LogP) is 2.15. The molecule has 3 heteroatoms. The van der Waals surface area contributed by atoms with Crippen molar-refractivity contribution in [1.82, 2.24) is 0 Å². The summed E-state index contributed by atoms with van der Waals surface area (Å²) < 4.78 is -0.196. The lowest BCUT2D eigenvalue weighted by Gasteiger charge is -2.21. The first-order valence-corrected chi connectivity index (χ1v) is 4.45. The van der Waals surface area contributed by atoms with Gasteiger partial charge < -0.3 is 5.11 Å². The molecule has 1 atom stereocenters. The van der Waals surface area contributed by atoms with E-state index in [1.165, 1.54) is 0 Å². The molecule has 0 spiro atoms. The number of alkyl halides is 1. The molecule has 0 heterocycles. The monoisotopic (exact) mass is 264 g/mol. The second-order valence-electron chi connectivity index (χ2n) is 2.60. The van der Waals surface area contributed by atoms with Crippen LogP contribution in [0.2, 0.25) is 0 Å². The van der Waals surface area contributed by atoms with E-state index in [0.29, 0.717) is 0 Å². The third-order valence-electron chi connectivity index (χ3n) is 1.54. The fourth-order valence-corrected chi connectivity index (χ4v) is 1.81. The quantitative estimate of drug-likeness (QED) is 0.613. The van der Waals surface area contributed by atoms with Crippen molar-refractivity contribution < 1.29 is 9.90 Å². The minimum atomic E-state index is -0.737. The molecule has 0 aliphatic heterocycles. The van der Waals surface area contributed by atoms with Crippen molar-refractivity contribution in [3.63, 3.8) is 0 Å². The maximum atomic E-state index is 10.4. The van der Waals surface area contributed by atoms with Gasteiger partial charge in [0.15, 0.2) is 0 Å². The van der Waals surface area contributed by atoms with Gasteiger partial charge in [-0.1, -0.05) is 46.9 Å². The summed E-state index contributed by atoms with van der Waals surface area (Å²) in [6.07, 6.45) is 8.81. The highest BCUT2D eigenvalue weighted by molar-refractivity contribution is 14.1. The molecule has 1 rings (SSSR count). The first-order chi connectivity index (χ1) is 5.12. The molecular formula is C8H9IO2. The fraction of sp³-hybridized carbons (Fsp3) is 0.375. The van der Waals surface area contributed by atoms with Crippen LogP contribution in [0.5, 0.6) is 0 Å². The van der Waals surface area contributed by atoms with Crippen LogP contribution < -0.4 is 0 Å². The van der Waals surface area contributed by atoms with Crippen molar-refractivity contribution in [2.45, 2.75) is 16.3 Å². The zero-order valence-electron chi connectivity index (χ0n) is 5.96. The summed E-state index contributed by atoms with van der Waals surface area (Å²) in [5.74, 6) is -0.737. The van der Waals surface area contributed by atoms with Crippen molar-refractivity contribution in [2.75, 3.05) is 0 Å². The van der Waals surface area contributed by atoms with Crippen LogP contribution in [0.1, 0.15) is 12.8 Å². The maximum Gasteiger partial charge on any atom is 0.305 e. The van der Waals surface area contributed by atoms with E-state index in [1.54, 1.807) is 0 Å². The molecule has 0 fully saturated rings. The molecule has 60 valence electrons. The molecule has 0 amide bonds. The minimum Gasteiger partial charge on any atom is -0.481 e. The number of carboxylic acid groups (broad SMARTS) is 1. The molecule has 1 aliphatic rings. The Morgan fingerprint density at radius 2 is 2.36 bits per heavy atom. The second-order valence-corrected chi connectivity index (χ2v) is 4.74. The van der Waals surface area contributed by atoms with E-state index in [2.05, 4.69) is 22.6 Å². The number of hydrogen-bond acceptors (Lipinski definition) is 1. The third-order valence-corrected chi connectivity index (χ3v) is 2.73. The van der Waals surface area contributed by atoms with E-state index >= 15 is 0 Å². The van der Waals surface area contributed by atoms with Gasteiger partial charge in [-0.15, -0.1) is 0 Å². The first-order valence-electron chi connectivity index (χ1n) is 3.37. The Morgan fingerprint density at radius 3 is 2.82 bits per heavy atom. The topological polar surface area (TPSA) is 37.3 Å². The van der Waals surface area contributed by atoms with Gasteiger partial charge in [0.25, 0.3) is 0 Å². The fourth-order valence-electron chi connectivity index (χ4n) is 1.02. The van der Waals surface area contributed by atoms with Crippen molar-refractivity contribution in [3.05, 3.63) is 24.3 Å². The van der Waals surface area contributed by atoms with Crippen LogP contribution in [0.4, 0.5) is 0 Å². The average Bonchev–Trinajstić information content (AvgIpc) is 1.85. The van der Waals surface area contributed by atoms with Gasteiger partial charge in [0, 0.05) is 0 Å². The highest BCUT2D eigenvalue weighted by Crippen LogP contribution is 2.31. The molecule has 0 saturated carbocycles. The summed E-state index contributed by atoms with van der Waals surface area (Å²) in [4.78, 5) is 10.4. The molecular weight excluding hydrogens is 255 g/mol. The van der Waals surface area contributed by atoms with Gasteiger partial charge in [-0.2, -0.15) is 0 Å². The molecule has 0 aromatic carbocycles. The number of halogens is 1. The van der Waals surface area contributed by atoms with Crippen LogP contribution in [0, 0.1) is 0 Å². The summed E-state index contributed by atoms with van der Waals surface area (Å²) in [5.41, 5.74) is 0. The standard InChI is InChI=1S/C8H9IO2/c9-8(6-7(10)11)4-2-1-3-5-8/h1-4H,5-6H2,(H,10,11). The van der Waals surface area contributed by atoms with E-state index in [4.69, 9.17) is 5.11 Å². The molecule has 1 aliphatic carbocycles. The molecule has 2 nitrogen and oxygen atoms in total. The first kappa shape index (κ1) is 8.77. The average molecular weight is 264 g/mol. The Balaban J connectivity index is 2.61. The lowest BCUT2D eigenvalue weighted by molar-refractivity contribution is -0.137. The van der Waals surface area contributed by atoms with Crippen molar-refractivity contribution >= 4 is 28.6 Å². The number of allylic oxidation sites excluding steroid dienone is 4. The molecule has 0 aromatic rings. The van der Waals surface area contributed by atoms with Gasteiger partial charge in [-0.25, -0.2) is 0 Å². The highest BCUT2D eigenvalue weighted by Gasteiger charge is 2.26. The molecule has 11 heavy (non-hydrogen) atoms. The van der Waals surface area contributed by atoms with Crippen LogP contribution in [0.25, 0.3) is 0 Å². The molecule has 1 unspecified atom stereocenters. The molecule has 0 aromatic heterocycles. The van der Waals surface area contributed by atoms with Gasteiger partial charge in [-0.05, 0) is 6.42 Å². The van der Waals surface area contributed by atoms with Crippen LogP contribution in [0.3, 0.4) is 0 Å². The zero-order valence-corrected chi connectivity index (χ0v) is 8.11. The number of rotatable bonds is 2. The number of aliphatic carboxylic acids is 1. The van der Waals surface area contributed by atoms with Gasteiger partial charge in [0.05, 0.1) is 9.84 Å². The van der Waals surface area contributed by atoms with Crippen LogP contribution in [-0.4, -0.2) is 14.5 Å². The summed E-state index contributed by atoms with van der Waals surface area (Å²) in [6.45, 7) is 0. The maximum absolute atomic E-state index is 10.4. The van der Waals surface area contributed by atoms with E-state index in [1.807, 2.05) is 24.3 Å². The van der Waals surface area contributed by atoms with E-state index in [0.717, 1.165) is 6.42 Å². The van der Waals surface area contributed by atoms with E-state index in [9.17, 15) is 4.79 Å². The van der Waals surface area contributed by atoms with Crippen molar-refractivity contribution in [2.24, 2.45) is 0 Å². The predicted molar refractivity (Wildman–Crippen MR) is 51.9 cm³/mol. The smallest absolute Gasteiger partial charge is 0.305 e. The van der Waals surface area contributed by atoms with Gasteiger partial charge in [-0.3, -0.25) is 4.79 Å². The Labute approximate surface area is 79.1 Å². The Morgan fingerprint density at radius 1 is 1.64 bits per heavy atom. The number of carboxylic acids is 1. The Bertz CT molecular complexity index is 220. The lowest BCUT2D eigenvalue weighted by atomic mass is 9.97. The van der Waals surface area contributed by atoms with Crippen LogP contribution in [0.15, 0.2) is 24.3 Å². The zero-order chi connectivity index (χ0) is 8.32. The normalized spacial score (nSPS) is 28.8. The lowest BCUT2D eigenvalue weighted by Crippen LogP contribution is -2.22. The Hall–Kier alpha value is -0.320.